The van der Waals surface area contributed by atoms with Crippen molar-refractivity contribution in [3.63, 3.8) is 0 Å². The first-order valence-electron chi connectivity index (χ1n) is 6.12. The fourth-order valence-corrected chi connectivity index (χ4v) is 2.97. The van der Waals surface area contributed by atoms with Gasteiger partial charge in [0.25, 0.3) is 0 Å². The lowest BCUT2D eigenvalue weighted by atomic mass is 9.93. The minimum Gasteiger partial charge on any atom is -0.314 e. The van der Waals surface area contributed by atoms with Gasteiger partial charge in [-0.2, -0.15) is 0 Å². The third-order valence-corrected chi connectivity index (χ3v) is 4.23. The van der Waals surface area contributed by atoms with Gasteiger partial charge >= 0.3 is 0 Å². The van der Waals surface area contributed by atoms with Crippen molar-refractivity contribution in [2.75, 3.05) is 13.1 Å². The molecule has 0 radical (unpaired) electrons. The normalized spacial score (nSPS) is 27.9. The van der Waals surface area contributed by atoms with Crippen LogP contribution in [0.2, 0.25) is 0 Å². The molecule has 0 amide bonds. The molecular formula is C12H21N3S. The Morgan fingerprint density at radius 3 is 3.25 bits per heavy atom. The molecule has 2 heterocycles. The average Bonchev–Trinajstić information content (AvgIpc) is 2.79. The van der Waals surface area contributed by atoms with Crippen LogP contribution in [0.25, 0.3) is 0 Å². The smallest absolute Gasteiger partial charge is 0.109 e. The molecule has 1 aromatic heterocycles. The highest BCUT2D eigenvalue weighted by molar-refractivity contribution is 7.09. The van der Waals surface area contributed by atoms with Gasteiger partial charge in [-0.3, -0.25) is 0 Å². The van der Waals surface area contributed by atoms with Crippen LogP contribution in [0.4, 0.5) is 0 Å². The van der Waals surface area contributed by atoms with Gasteiger partial charge in [0.1, 0.15) is 5.01 Å². The molecule has 1 aliphatic heterocycles. The van der Waals surface area contributed by atoms with Crippen molar-refractivity contribution in [1.82, 2.24) is 15.6 Å². The van der Waals surface area contributed by atoms with E-state index < -0.39 is 0 Å². The third-order valence-electron chi connectivity index (χ3n) is 3.27. The number of rotatable bonds is 4. The number of hydrogen-bond acceptors (Lipinski definition) is 4. The van der Waals surface area contributed by atoms with Crippen LogP contribution in [0, 0.1) is 5.92 Å². The Balaban J connectivity index is 1.74. The van der Waals surface area contributed by atoms with Gasteiger partial charge in [-0.1, -0.05) is 0 Å². The van der Waals surface area contributed by atoms with Crippen LogP contribution < -0.4 is 10.6 Å². The second kappa shape index (κ2) is 5.75. The highest BCUT2D eigenvalue weighted by Crippen LogP contribution is 2.18. The summed E-state index contributed by atoms with van der Waals surface area (Å²) in [5.41, 5.74) is 0. The molecule has 1 fully saturated rings. The standard InChI is InChI=1S/C12H21N3S/c1-9-7-11(3-4-13-9)8-15-10(2)12-14-5-6-16-12/h5-6,9-11,13,15H,3-4,7-8H2,1-2H3. The second-order valence-electron chi connectivity index (χ2n) is 4.75. The SMILES string of the molecule is CC1CC(CNC(C)c2nccs2)CCN1. The Morgan fingerprint density at radius 2 is 2.56 bits per heavy atom. The van der Waals surface area contributed by atoms with Crippen LogP contribution in [0.3, 0.4) is 0 Å². The lowest BCUT2D eigenvalue weighted by Gasteiger charge is -2.29. The van der Waals surface area contributed by atoms with Crippen molar-refractivity contribution in [2.24, 2.45) is 5.92 Å². The fourth-order valence-electron chi connectivity index (χ4n) is 2.30. The summed E-state index contributed by atoms with van der Waals surface area (Å²) in [6.07, 6.45) is 4.46. The molecule has 16 heavy (non-hydrogen) atoms. The van der Waals surface area contributed by atoms with Gasteiger partial charge in [0.05, 0.1) is 6.04 Å². The molecule has 0 spiro atoms. The van der Waals surface area contributed by atoms with E-state index in [9.17, 15) is 0 Å². The maximum atomic E-state index is 4.34. The van der Waals surface area contributed by atoms with Crippen molar-refractivity contribution >= 4 is 11.3 Å². The van der Waals surface area contributed by atoms with Crippen molar-refractivity contribution < 1.29 is 0 Å². The summed E-state index contributed by atoms with van der Waals surface area (Å²) >= 11 is 1.73. The van der Waals surface area contributed by atoms with E-state index in [0.717, 1.165) is 12.5 Å². The maximum absolute atomic E-state index is 4.34. The molecule has 1 aliphatic rings. The van der Waals surface area contributed by atoms with Crippen LogP contribution in [-0.2, 0) is 0 Å². The zero-order chi connectivity index (χ0) is 11.4. The van der Waals surface area contributed by atoms with Crippen LogP contribution in [0.15, 0.2) is 11.6 Å². The van der Waals surface area contributed by atoms with E-state index in [2.05, 4.69) is 29.5 Å². The van der Waals surface area contributed by atoms with E-state index in [0.29, 0.717) is 12.1 Å². The first-order valence-corrected chi connectivity index (χ1v) is 7.00. The van der Waals surface area contributed by atoms with Gasteiger partial charge in [-0.25, -0.2) is 4.98 Å². The highest BCUT2D eigenvalue weighted by atomic mass is 32.1. The Labute approximate surface area is 102 Å². The number of hydrogen-bond donors (Lipinski definition) is 2. The van der Waals surface area contributed by atoms with Crippen molar-refractivity contribution in [1.29, 1.82) is 0 Å². The predicted octanol–water partition coefficient (Wildman–Crippen LogP) is 2.18. The Kier molecular flexibility index (Phi) is 4.32. The molecule has 0 aromatic carbocycles. The average molecular weight is 239 g/mol. The summed E-state index contributed by atoms with van der Waals surface area (Å²) < 4.78 is 0. The third kappa shape index (κ3) is 3.27. The minimum absolute atomic E-state index is 0.394. The molecule has 2 rings (SSSR count). The van der Waals surface area contributed by atoms with Gasteiger partial charge in [-0.05, 0) is 45.7 Å². The summed E-state index contributed by atoms with van der Waals surface area (Å²) in [4.78, 5) is 4.34. The number of aromatic nitrogens is 1. The lowest BCUT2D eigenvalue weighted by Crippen LogP contribution is -2.39. The Bertz CT molecular complexity index is 299. The molecule has 0 bridgehead atoms. The number of thiazole rings is 1. The lowest BCUT2D eigenvalue weighted by molar-refractivity contribution is 0.297. The van der Waals surface area contributed by atoms with Crippen molar-refractivity contribution in [2.45, 2.75) is 38.8 Å². The minimum atomic E-state index is 0.394. The molecule has 1 aromatic rings. The topological polar surface area (TPSA) is 37.0 Å². The molecule has 3 unspecified atom stereocenters. The van der Waals surface area contributed by atoms with E-state index in [1.165, 1.54) is 24.4 Å². The van der Waals surface area contributed by atoms with Crippen LogP contribution >= 0.6 is 11.3 Å². The monoisotopic (exact) mass is 239 g/mol. The second-order valence-corrected chi connectivity index (χ2v) is 5.67. The molecule has 0 saturated carbocycles. The zero-order valence-corrected chi connectivity index (χ0v) is 10.9. The van der Waals surface area contributed by atoms with Gasteiger partial charge in [-0.15, -0.1) is 11.3 Å². The van der Waals surface area contributed by atoms with Gasteiger partial charge < -0.3 is 10.6 Å². The van der Waals surface area contributed by atoms with Crippen LogP contribution in [-0.4, -0.2) is 24.1 Å². The van der Waals surface area contributed by atoms with Gasteiger partial charge in [0.15, 0.2) is 0 Å². The number of nitrogens with zero attached hydrogens (tertiary/aromatic N) is 1. The highest BCUT2D eigenvalue weighted by Gasteiger charge is 2.19. The Morgan fingerprint density at radius 1 is 1.69 bits per heavy atom. The number of piperidine rings is 1. The molecule has 1 saturated heterocycles. The molecule has 2 N–H and O–H groups in total. The van der Waals surface area contributed by atoms with Crippen LogP contribution in [0.1, 0.15) is 37.7 Å². The predicted molar refractivity (Wildman–Crippen MR) is 68.7 cm³/mol. The molecule has 3 atom stereocenters. The molecule has 0 aliphatic carbocycles. The van der Waals surface area contributed by atoms with E-state index >= 15 is 0 Å². The summed E-state index contributed by atoms with van der Waals surface area (Å²) in [5.74, 6) is 0.818. The first-order chi connectivity index (χ1) is 7.75. The van der Waals surface area contributed by atoms with E-state index in [-0.39, 0.29) is 0 Å². The van der Waals surface area contributed by atoms with Gasteiger partial charge in [0, 0.05) is 17.6 Å². The molecule has 3 nitrogen and oxygen atoms in total. The van der Waals surface area contributed by atoms with Gasteiger partial charge in [0.2, 0.25) is 0 Å². The largest absolute Gasteiger partial charge is 0.314 e. The number of nitrogens with one attached hydrogen (secondary N) is 2. The molecular weight excluding hydrogens is 218 g/mol. The quantitative estimate of drug-likeness (QED) is 0.845. The summed E-state index contributed by atoms with van der Waals surface area (Å²) in [6.45, 7) is 6.76. The first kappa shape index (κ1) is 12.0. The summed E-state index contributed by atoms with van der Waals surface area (Å²) in [6, 6.07) is 1.07. The Hall–Kier alpha value is -0.450. The fraction of sp³-hybridized carbons (Fsp3) is 0.750. The van der Waals surface area contributed by atoms with Crippen LogP contribution in [0.5, 0.6) is 0 Å². The van der Waals surface area contributed by atoms with E-state index in [4.69, 9.17) is 0 Å². The maximum Gasteiger partial charge on any atom is 0.109 e. The van der Waals surface area contributed by atoms with Crippen molar-refractivity contribution in [3.05, 3.63) is 16.6 Å². The van der Waals surface area contributed by atoms with Crippen molar-refractivity contribution in [3.8, 4) is 0 Å². The summed E-state index contributed by atoms with van der Waals surface area (Å²) in [7, 11) is 0. The van der Waals surface area contributed by atoms with E-state index in [1.807, 2.05) is 11.6 Å². The summed E-state index contributed by atoms with van der Waals surface area (Å²) in [5, 5.41) is 10.3. The zero-order valence-electron chi connectivity index (χ0n) is 10.1. The molecule has 4 heteroatoms. The van der Waals surface area contributed by atoms with E-state index in [1.54, 1.807) is 11.3 Å². The molecule has 90 valence electrons.